The second-order valence-corrected chi connectivity index (χ2v) is 6.87. The van der Waals surface area contributed by atoms with Gasteiger partial charge < -0.3 is 10.4 Å². The number of aliphatic hydroxyl groups is 1. The molecular weight excluding hydrogens is 307 g/mol. The molecule has 1 aromatic rings. The van der Waals surface area contributed by atoms with E-state index in [2.05, 4.69) is 5.32 Å². The molecule has 21 heavy (non-hydrogen) atoms. The van der Waals surface area contributed by atoms with Gasteiger partial charge in [0.2, 0.25) is 0 Å². The number of aliphatic hydroxyl groups excluding tert-OH is 1. The van der Waals surface area contributed by atoms with Crippen LogP contribution in [0.5, 0.6) is 0 Å². The Kier molecular flexibility index (Phi) is 5.27. The van der Waals surface area contributed by atoms with E-state index in [-0.39, 0.29) is 18.7 Å². The fourth-order valence-electron chi connectivity index (χ4n) is 1.83. The molecule has 1 atom stereocenters. The van der Waals surface area contributed by atoms with E-state index < -0.39 is 25.8 Å². The van der Waals surface area contributed by atoms with Gasteiger partial charge in [-0.3, -0.25) is 0 Å². The van der Waals surface area contributed by atoms with E-state index in [0.29, 0.717) is 6.42 Å². The number of nitrogens with one attached hydrogen (secondary N) is 1. The van der Waals surface area contributed by atoms with Gasteiger partial charge in [-0.1, -0.05) is 19.1 Å². The molecule has 0 heterocycles. The second kappa shape index (κ2) is 6.23. The average Bonchev–Trinajstić information content (AvgIpc) is 2.38. The van der Waals surface area contributed by atoms with Gasteiger partial charge in [0.25, 0.3) is 9.84 Å². The first-order chi connectivity index (χ1) is 9.57. The first-order valence-corrected chi connectivity index (χ1v) is 7.85. The number of hydrogen-bond acceptors (Lipinski definition) is 4. The van der Waals surface area contributed by atoms with Gasteiger partial charge in [-0.2, -0.15) is 13.2 Å². The number of para-hydroxylation sites is 1. The molecule has 0 saturated carbocycles. The topological polar surface area (TPSA) is 66.4 Å². The molecule has 0 aliphatic rings. The van der Waals surface area contributed by atoms with E-state index in [4.69, 9.17) is 5.11 Å². The Hall–Kier alpha value is -1.28. The molecule has 0 aliphatic heterocycles. The molecule has 0 amide bonds. The average molecular weight is 325 g/mol. The Morgan fingerprint density at radius 3 is 2.29 bits per heavy atom. The molecule has 0 bridgehead atoms. The fraction of sp³-hybridized carbons (Fsp3) is 0.538. The standard InChI is InChI=1S/C13H18F3NO3S/c1-3-12(2,8-9-18)17-10-6-4-5-7-11(10)21(19,20)13(14,15)16/h4-7,17-18H,3,8-9H2,1-2H3. The van der Waals surface area contributed by atoms with Gasteiger partial charge in [-0.25, -0.2) is 8.42 Å². The van der Waals surface area contributed by atoms with Crippen LogP contribution in [-0.2, 0) is 9.84 Å². The van der Waals surface area contributed by atoms with Crippen LogP contribution in [-0.4, -0.2) is 31.2 Å². The molecule has 0 aromatic heterocycles. The summed E-state index contributed by atoms with van der Waals surface area (Å²) in [6.07, 6.45) is 0.790. The summed E-state index contributed by atoms with van der Waals surface area (Å²) < 4.78 is 61.3. The number of sulfone groups is 1. The maximum Gasteiger partial charge on any atom is 0.501 e. The van der Waals surface area contributed by atoms with Crippen LogP contribution in [0.25, 0.3) is 0 Å². The summed E-state index contributed by atoms with van der Waals surface area (Å²) in [5.74, 6) is 0. The van der Waals surface area contributed by atoms with Gasteiger partial charge in [0.05, 0.1) is 10.6 Å². The molecule has 0 spiro atoms. The third kappa shape index (κ3) is 3.88. The minimum Gasteiger partial charge on any atom is -0.396 e. The van der Waals surface area contributed by atoms with Crippen molar-refractivity contribution in [2.24, 2.45) is 0 Å². The zero-order valence-corrected chi connectivity index (χ0v) is 12.6. The molecule has 1 aromatic carbocycles. The van der Waals surface area contributed by atoms with Crippen LogP contribution >= 0.6 is 0 Å². The molecule has 0 fully saturated rings. The van der Waals surface area contributed by atoms with Crippen molar-refractivity contribution < 1.29 is 26.7 Å². The minimum absolute atomic E-state index is 0.118. The summed E-state index contributed by atoms with van der Waals surface area (Å²) in [6.45, 7) is 3.34. The largest absolute Gasteiger partial charge is 0.501 e. The summed E-state index contributed by atoms with van der Waals surface area (Å²) in [6, 6.07) is 4.88. The van der Waals surface area contributed by atoms with Crippen LogP contribution in [0, 0.1) is 0 Å². The lowest BCUT2D eigenvalue weighted by molar-refractivity contribution is -0.0435. The second-order valence-electron chi connectivity index (χ2n) is 4.96. The van der Waals surface area contributed by atoms with E-state index in [1.54, 1.807) is 13.8 Å². The lowest BCUT2D eigenvalue weighted by Gasteiger charge is -2.31. The van der Waals surface area contributed by atoms with Gasteiger partial charge >= 0.3 is 5.51 Å². The predicted octanol–water partition coefficient (Wildman–Crippen LogP) is 2.94. The number of hydrogen-bond donors (Lipinski definition) is 2. The highest BCUT2D eigenvalue weighted by Crippen LogP contribution is 2.35. The monoisotopic (exact) mass is 325 g/mol. The van der Waals surface area contributed by atoms with Crippen LogP contribution in [0.3, 0.4) is 0 Å². The molecule has 1 rings (SSSR count). The molecule has 4 nitrogen and oxygen atoms in total. The Morgan fingerprint density at radius 1 is 1.24 bits per heavy atom. The normalized spacial score (nSPS) is 15.5. The quantitative estimate of drug-likeness (QED) is 0.844. The van der Waals surface area contributed by atoms with Crippen LogP contribution in [0.1, 0.15) is 26.7 Å². The van der Waals surface area contributed by atoms with E-state index >= 15 is 0 Å². The molecule has 0 saturated heterocycles. The van der Waals surface area contributed by atoms with Crippen molar-refractivity contribution in [1.82, 2.24) is 0 Å². The summed E-state index contributed by atoms with van der Waals surface area (Å²) >= 11 is 0. The number of benzene rings is 1. The number of anilines is 1. The van der Waals surface area contributed by atoms with Crippen molar-refractivity contribution in [3.05, 3.63) is 24.3 Å². The van der Waals surface area contributed by atoms with Crippen LogP contribution in [0.4, 0.5) is 18.9 Å². The lowest BCUT2D eigenvalue weighted by Crippen LogP contribution is -2.36. The number of halogens is 3. The van der Waals surface area contributed by atoms with Gasteiger partial charge in [0.15, 0.2) is 0 Å². The zero-order valence-electron chi connectivity index (χ0n) is 11.7. The van der Waals surface area contributed by atoms with Crippen molar-refractivity contribution in [3.63, 3.8) is 0 Å². The minimum atomic E-state index is -5.43. The summed E-state index contributed by atoms with van der Waals surface area (Å²) in [5.41, 5.74) is -6.18. The van der Waals surface area contributed by atoms with Crippen LogP contribution in [0.15, 0.2) is 29.2 Å². The Balaban J connectivity index is 3.29. The van der Waals surface area contributed by atoms with Gasteiger partial charge in [-0.05, 0) is 31.9 Å². The van der Waals surface area contributed by atoms with E-state index in [0.717, 1.165) is 6.07 Å². The summed E-state index contributed by atoms with van der Waals surface area (Å²) in [4.78, 5) is -0.810. The highest BCUT2D eigenvalue weighted by atomic mass is 32.2. The Labute approximate surface area is 121 Å². The number of rotatable bonds is 6. The van der Waals surface area contributed by atoms with E-state index in [1.807, 2.05) is 0 Å². The Bertz CT molecular complexity index is 587. The number of alkyl halides is 3. The van der Waals surface area contributed by atoms with Crippen molar-refractivity contribution in [3.8, 4) is 0 Å². The molecule has 0 aliphatic carbocycles. The Morgan fingerprint density at radius 2 is 1.81 bits per heavy atom. The molecular formula is C13H18F3NO3S. The SMILES string of the molecule is CCC(C)(CCO)Nc1ccccc1S(=O)(=O)C(F)(F)F. The third-order valence-electron chi connectivity index (χ3n) is 3.36. The molecule has 8 heteroatoms. The van der Waals surface area contributed by atoms with Crippen molar-refractivity contribution in [2.75, 3.05) is 11.9 Å². The van der Waals surface area contributed by atoms with Gasteiger partial charge in [-0.15, -0.1) is 0 Å². The third-order valence-corrected chi connectivity index (χ3v) is 4.91. The predicted molar refractivity (Wildman–Crippen MR) is 73.7 cm³/mol. The zero-order chi connectivity index (χ0) is 16.3. The molecule has 0 radical (unpaired) electrons. The fourth-order valence-corrected chi connectivity index (χ4v) is 2.74. The highest BCUT2D eigenvalue weighted by Gasteiger charge is 2.48. The molecule has 2 N–H and O–H groups in total. The van der Waals surface area contributed by atoms with Gasteiger partial charge in [0, 0.05) is 12.1 Å². The summed E-state index contributed by atoms with van der Waals surface area (Å²) in [7, 11) is -5.43. The van der Waals surface area contributed by atoms with E-state index in [9.17, 15) is 21.6 Å². The molecule has 120 valence electrons. The van der Waals surface area contributed by atoms with Crippen LogP contribution < -0.4 is 5.32 Å². The highest BCUT2D eigenvalue weighted by molar-refractivity contribution is 7.92. The maximum atomic E-state index is 12.7. The summed E-state index contributed by atoms with van der Waals surface area (Å²) in [5, 5.41) is 11.8. The van der Waals surface area contributed by atoms with Crippen molar-refractivity contribution in [1.29, 1.82) is 0 Å². The van der Waals surface area contributed by atoms with E-state index in [1.165, 1.54) is 18.2 Å². The molecule has 1 unspecified atom stereocenters. The van der Waals surface area contributed by atoms with Crippen LogP contribution in [0.2, 0.25) is 0 Å². The van der Waals surface area contributed by atoms with Gasteiger partial charge in [0.1, 0.15) is 0 Å². The van der Waals surface area contributed by atoms with Crippen molar-refractivity contribution >= 4 is 15.5 Å². The maximum absolute atomic E-state index is 12.7. The smallest absolute Gasteiger partial charge is 0.396 e. The first kappa shape index (κ1) is 17.8. The lowest BCUT2D eigenvalue weighted by atomic mass is 9.94. The van der Waals surface area contributed by atoms with Crippen molar-refractivity contribution in [2.45, 2.75) is 42.6 Å². The first-order valence-electron chi connectivity index (χ1n) is 6.37.